The van der Waals surface area contributed by atoms with E-state index in [1.54, 1.807) is 0 Å². The van der Waals surface area contributed by atoms with Gasteiger partial charge in [0.2, 0.25) is 0 Å². The molecule has 0 aromatic heterocycles. The summed E-state index contributed by atoms with van der Waals surface area (Å²) in [6, 6.07) is -0.530. The summed E-state index contributed by atoms with van der Waals surface area (Å²) in [7, 11) is -3.12. The first-order valence-electron chi connectivity index (χ1n) is 4.35. The molecule has 0 radical (unpaired) electrons. The van der Waals surface area contributed by atoms with Gasteiger partial charge in [-0.3, -0.25) is 0 Å². The van der Waals surface area contributed by atoms with Gasteiger partial charge in [-0.15, -0.1) is 0 Å². The number of sulfone groups is 1. The second-order valence-corrected chi connectivity index (χ2v) is 5.90. The second kappa shape index (κ2) is 5.83. The maximum Gasteiger partial charge on any atom is 1.00 e. The summed E-state index contributed by atoms with van der Waals surface area (Å²) in [5.41, 5.74) is 0. The molecule has 0 spiro atoms. The largest absolute Gasteiger partial charge is 1.00 e. The molecular formula is C6H12BF3KNO2S. The summed E-state index contributed by atoms with van der Waals surface area (Å²) >= 11 is 0. The van der Waals surface area contributed by atoms with Crippen molar-refractivity contribution in [3.8, 4) is 0 Å². The fourth-order valence-electron chi connectivity index (χ4n) is 1.57. The van der Waals surface area contributed by atoms with E-state index >= 15 is 0 Å². The van der Waals surface area contributed by atoms with Gasteiger partial charge >= 0.3 is 58.4 Å². The molecule has 1 aliphatic rings. The third-order valence-corrected chi connectivity index (χ3v) is 4.04. The van der Waals surface area contributed by atoms with Crippen molar-refractivity contribution in [1.82, 2.24) is 4.90 Å². The van der Waals surface area contributed by atoms with E-state index in [2.05, 4.69) is 0 Å². The van der Waals surface area contributed by atoms with Gasteiger partial charge in [-0.1, -0.05) is 0 Å². The average molecular weight is 269 g/mol. The molecule has 0 aromatic carbocycles. The molecule has 1 unspecified atom stereocenters. The van der Waals surface area contributed by atoms with Crippen molar-refractivity contribution in [1.29, 1.82) is 0 Å². The first-order chi connectivity index (χ1) is 6.20. The first-order valence-corrected chi connectivity index (χ1v) is 6.17. The molecule has 9 heteroatoms. The Labute approximate surface area is 130 Å². The van der Waals surface area contributed by atoms with Gasteiger partial charge in [-0.2, -0.15) is 0 Å². The van der Waals surface area contributed by atoms with Gasteiger partial charge in [0.1, 0.15) is 0 Å². The molecule has 1 rings (SSSR count). The standard InChI is InChI=1S/C6H12BF3NO2S.K/c1-6-4-14(12,13)3-2-11(6)5-7(8,9)10;/h6H,2-5H2,1H3;/q-1;+1. The molecule has 84 valence electrons. The van der Waals surface area contributed by atoms with Crippen molar-refractivity contribution >= 4 is 16.8 Å². The maximum atomic E-state index is 12.1. The minimum absolute atomic E-state index is 0. The Morgan fingerprint density at radius 1 is 1.40 bits per heavy atom. The Balaban J connectivity index is 0.00000196. The number of hydrogen-bond acceptors (Lipinski definition) is 3. The van der Waals surface area contributed by atoms with E-state index in [4.69, 9.17) is 0 Å². The smallest absolute Gasteiger partial charge is 0.448 e. The Kier molecular flexibility index (Phi) is 6.38. The predicted octanol–water partition coefficient (Wildman–Crippen LogP) is -2.50. The Hall–Kier alpha value is 1.40. The second-order valence-electron chi connectivity index (χ2n) is 3.67. The third-order valence-electron chi connectivity index (χ3n) is 2.25. The van der Waals surface area contributed by atoms with Crippen LogP contribution >= 0.6 is 0 Å². The molecule has 1 aliphatic heterocycles. The summed E-state index contributed by atoms with van der Waals surface area (Å²) < 4.78 is 58.4. The molecule has 0 aliphatic carbocycles. The quantitative estimate of drug-likeness (QED) is 0.520. The molecule has 0 aromatic rings. The van der Waals surface area contributed by atoms with Crippen molar-refractivity contribution in [2.24, 2.45) is 0 Å². The molecule has 0 saturated carbocycles. The maximum absolute atomic E-state index is 12.1. The first kappa shape index (κ1) is 16.4. The molecule has 15 heavy (non-hydrogen) atoms. The van der Waals surface area contributed by atoms with Crippen LogP contribution < -0.4 is 51.4 Å². The number of halogens is 3. The van der Waals surface area contributed by atoms with Crippen molar-refractivity contribution in [2.75, 3.05) is 24.5 Å². The summed E-state index contributed by atoms with van der Waals surface area (Å²) in [4.78, 5) is 1.18. The van der Waals surface area contributed by atoms with Gasteiger partial charge in [0, 0.05) is 12.6 Å². The molecule has 1 fully saturated rings. The summed E-state index contributed by atoms with van der Waals surface area (Å²) in [5.74, 6) is -0.331. The molecule has 0 amide bonds. The van der Waals surface area contributed by atoms with Gasteiger partial charge in [0.05, 0.1) is 11.5 Å². The topological polar surface area (TPSA) is 37.4 Å². The van der Waals surface area contributed by atoms with Crippen LogP contribution in [0.1, 0.15) is 6.92 Å². The van der Waals surface area contributed by atoms with Gasteiger partial charge in [0.15, 0.2) is 9.84 Å². The summed E-state index contributed by atoms with van der Waals surface area (Å²) in [5, 5.41) is 0. The predicted molar refractivity (Wildman–Crippen MR) is 48.8 cm³/mol. The Morgan fingerprint density at radius 2 is 1.93 bits per heavy atom. The van der Waals surface area contributed by atoms with Crippen LogP contribution in [0.4, 0.5) is 12.9 Å². The average Bonchev–Trinajstić information content (AvgIpc) is 1.92. The van der Waals surface area contributed by atoms with Crippen molar-refractivity contribution in [3.05, 3.63) is 0 Å². The summed E-state index contributed by atoms with van der Waals surface area (Å²) in [6.07, 6.45) is -0.962. The van der Waals surface area contributed by atoms with Crippen LogP contribution in [-0.4, -0.2) is 50.8 Å². The van der Waals surface area contributed by atoms with Gasteiger partial charge in [-0.05, 0) is 13.4 Å². The number of hydrogen-bond donors (Lipinski definition) is 0. The molecule has 1 heterocycles. The van der Waals surface area contributed by atoms with Gasteiger partial charge in [-0.25, -0.2) is 8.42 Å². The van der Waals surface area contributed by atoms with Gasteiger partial charge in [0.25, 0.3) is 0 Å². The van der Waals surface area contributed by atoms with Crippen LogP contribution in [-0.2, 0) is 9.84 Å². The van der Waals surface area contributed by atoms with Crippen molar-refractivity contribution < 1.29 is 72.7 Å². The molecule has 1 saturated heterocycles. The van der Waals surface area contributed by atoms with Crippen LogP contribution in [0.2, 0.25) is 0 Å². The minimum atomic E-state index is -4.86. The van der Waals surface area contributed by atoms with Crippen LogP contribution in [0.5, 0.6) is 0 Å². The SMILES string of the molecule is CC1CS(=O)(=O)CCN1C[B-](F)(F)F.[K+]. The zero-order valence-corrected chi connectivity index (χ0v) is 12.7. The van der Waals surface area contributed by atoms with Crippen molar-refractivity contribution in [2.45, 2.75) is 13.0 Å². The molecule has 0 N–H and O–H groups in total. The van der Waals surface area contributed by atoms with E-state index in [0.29, 0.717) is 0 Å². The van der Waals surface area contributed by atoms with Gasteiger partial charge < -0.3 is 17.8 Å². The molecule has 3 nitrogen and oxygen atoms in total. The van der Waals surface area contributed by atoms with Crippen LogP contribution in [0, 0.1) is 0 Å². The number of nitrogens with zero attached hydrogens (tertiary/aromatic N) is 1. The Morgan fingerprint density at radius 3 is 2.33 bits per heavy atom. The minimum Gasteiger partial charge on any atom is -0.448 e. The van der Waals surface area contributed by atoms with Crippen LogP contribution in [0.25, 0.3) is 0 Å². The Bertz CT molecular complexity index is 308. The van der Waals surface area contributed by atoms with E-state index in [0.717, 1.165) is 0 Å². The monoisotopic (exact) mass is 269 g/mol. The zero-order valence-electron chi connectivity index (χ0n) is 8.79. The van der Waals surface area contributed by atoms with Crippen LogP contribution in [0.3, 0.4) is 0 Å². The van der Waals surface area contributed by atoms with Crippen LogP contribution in [0.15, 0.2) is 0 Å². The van der Waals surface area contributed by atoms with E-state index in [1.807, 2.05) is 0 Å². The zero-order chi connectivity index (χ0) is 11.0. The number of rotatable bonds is 2. The molecular weight excluding hydrogens is 257 g/mol. The fourth-order valence-corrected chi connectivity index (χ4v) is 3.20. The fraction of sp³-hybridized carbons (Fsp3) is 1.00. The van der Waals surface area contributed by atoms with E-state index < -0.39 is 29.3 Å². The molecule has 1 atom stereocenters. The normalized spacial score (nSPS) is 27.1. The molecule has 0 bridgehead atoms. The van der Waals surface area contributed by atoms with E-state index in [1.165, 1.54) is 11.8 Å². The third kappa shape index (κ3) is 6.04. The van der Waals surface area contributed by atoms with Crippen molar-refractivity contribution in [3.63, 3.8) is 0 Å². The van der Waals surface area contributed by atoms with E-state index in [-0.39, 0.29) is 69.4 Å². The summed E-state index contributed by atoms with van der Waals surface area (Å²) in [6.45, 7) is -3.36. The van der Waals surface area contributed by atoms with E-state index in [9.17, 15) is 21.4 Å².